The number of benzene rings is 1. The molecule has 1 heterocycles. The van der Waals surface area contributed by atoms with Crippen molar-refractivity contribution in [2.24, 2.45) is 0 Å². The van der Waals surface area contributed by atoms with Crippen molar-refractivity contribution in [2.75, 3.05) is 13.1 Å². The van der Waals surface area contributed by atoms with Crippen LogP contribution in [0.4, 0.5) is 0 Å². The molecule has 0 fully saturated rings. The monoisotopic (exact) mass is 286 g/mol. The summed E-state index contributed by atoms with van der Waals surface area (Å²) < 4.78 is 6.62. The van der Waals surface area contributed by atoms with Gasteiger partial charge in [0.05, 0.1) is 5.52 Å². The summed E-state index contributed by atoms with van der Waals surface area (Å²) in [7, 11) is 0. The maximum Gasteiger partial charge on any atom is 0.419 e. The number of aryl methyl sites for hydroxylation is 1. The van der Waals surface area contributed by atoms with Gasteiger partial charge in [-0.1, -0.05) is 24.3 Å². The summed E-state index contributed by atoms with van der Waals surface area (Å²) in [5.41, 5.74) is 1.23. The molecule has 2 aromatic rings. The van der Waals surface area contributed by atoms with E-state index in [0.29, 0.717) is 30.7 Å². The van der Waals surface area contributed by atoms with Crippen molar-refractivity contribution in [3.8, 4) is 0 Å². The third-order valence-electron chi connectivity index (χ3n) is 3.17. The van der Waals surface area contributed by atoms with E-state index in [1.54, 1.807) is 35.3 Å². The fourth-order valence-corrected chi connectivity index (χ4v) is 2.18. The highest BCUT2D eigenvalue weighted by Crippen LogP contribution is 2.12. The Balaban J connectivity index is 2.12. The van der Waals surface area contributed by atoms with E-state index in [-0.39, 0.29) is 12.3 Å². The molecule has 5 nitrogen and oxygen atoms in total. The lowest BCUT2D eigenvalue weighted by Gasteiger charge is -2.19. The van der Waals surface area contributed by atoms with Gasteiger partial charge in [0.1, 0.15) is 0 Å². The molecule has 0 aliphatic rings. The van der Waals surface area contributed by atoms with Crippen molar-refractivity contribution in [3.05, 3.63) is 60.1 Å². The number of carbonyl (C=O) groups is 1. The summed E-state index contributed by atoms with van der Waals surface area (Å²) in [6, 6.07) is 7.17. The van der Waals surface area contributed by atoms with Gasteiger partial charge in [-0.3, -0.25) is 9.36 Å². The summed E-state index contributed by atoms with van der Waals surface area (Å²) in [6.07, 6.45) is 3.56. The molecular formula is C16H18N2O3. The van der Waals surface area contributed by atoms with E-state index in [1.807, 2.05) is 6.07 Å². The standard InChI is InChI=1S/C16H18N2O3/c1-3-10-17(11-4-2)15(19)9-12-18-13-7-5-6-8-14(13)21-16(18)20/h3-8H,1-2,9-12H2. The normalized spacial score (nSPS) is 10.5. The van der Waals surface area contributed by atoms with E-state index in [9.17, 15) is 9.59 Å². The molecule has 0 unspecified atom stereocenters. The summed E-state index contributed by atoms with van der Waals surface area (Å²) >= 11 is 0. The molecule has 21 heavy (non-hydrogen) atoms. The second kappa shape index (κ2) is 6.74. The Morgan fingerprint density at radius 1 is 1.24 bits per heavy atom. The molecule has 0 aliphatic carbocycles. The topological polar surface area (TPSA) is 55.5 Å². The predicted molar refractivity (Wildman–Crippen MR) is 82.1 cm³/mol. The first-order chi connectivity index (χ1) is 10.2. The third-order valence-corrected chi connectivity index (χ3v) is 3.17. The lowest BCUT2D eigenvalue weighted by Crippen LogP contribution is -2.32. The molecule has 0 N–H and O–H groups in total. The van der Waals surface area contributed by atoms with Gasteiger partial charge in [0, 0.05) is 26.1 Å². The maximum absolute atomic E-state index is 12.2. The summed E-state index contributed by atoms with van der Waals surface area (Å²) in [5, 5.41) is 0. The van der Waals surface area contributed by atoms with Crippen LogP contribution >= 0.6 is 0 Å². The SMILES string of the molecule is C=CCN(CC=C)C(=O)CCn1c(=O)oc2ccccc21. The molecule has 1 aromatic carbocycles. The van der Waals surface area contributed by atoms with Gasteiger partial charge in [-0.25, -0.2) is 4.79 Å². The smallest absolute Gasteiger partial charge is 0.408 e. The molecule has 2 rings (SSSR count). The van der Waals surface area contributed by atoms with Crippen LogP contribution in [0, 0.1) is 0 Å². The number of rotatable bonds is 7. The molecule has 110 valence electrons. The summed E-state index contributed by atoms with van der Waals surface area (Å²) in [5.74, 6) is -0.491. The van der Waals surface area contributed by atoms with Gasteiger partial charge >= 0.3 is 5.76 Å². The second-order valence-electron chi connectivity index (χ2n) is 4.61. The number of hydrogen-bond donors (Lipinski definition) is 0. The fraction of sp³-hybridized carbons (Fsp3) is 0.250. The molecule has 0 atom stereocenters. The summed E-state index contributed by atoms with van der Waals surface area (Å²) in [4.78, 5) is 25.6. The van der Waals surface area contributed by atoms with E-state index in [1.165, 1.54) is 4.57 Å². The minimum atomic E-state index is -0.442. The van der Waals surface area contributed by atoms with Crippen molar-refractivity contribution in [1.82, 2.24) is 9.47 Å². The first kappa shape index (κ1) is 14.8. The highest BCUT2D eigenvalue weighted by atomic mass is 16.4. The summed E-state index contributed by atoms with van der Waals surface area (Å²) in [6.45, 7) is 8.48. The second-order valence-corrected chi connectivity index (χ2v) is 4.61. The Morgan fingerprint density at radius 2 is 1.90 bits per heavy atom. The van der Waals surface area contributed by atoms with Crippen LogP contribution in [0.5, 0.6) is 0 Å². The molecule has 0 saturated carbocycles. The zero-order valence-corrected chi connectivity index (χ0v) is 11.8. The Labute approximate surface area is 122 Å². The lowest BCUT2D eigenvalue weighted by atomic mass is 10.3. The zero-order chi connectivity index (χ0) is 15.2. The maximum atomic E-state index is 12.2. The molecule has 0 saturated heterocycles. The molecule has 0 aliphatic heterocycles. The van der Waals surface area contributed by atoms with Crippen molar-refractivity contribution < 1.29 is 9.21 Å². The van der Waals surface area contributed by atoms with Crippen LogP contribution in [0.15, 0.2) is 58.8 Å². The molecule has 1 amide bonds. The van der Waals surface area contributed by atoms with E-state index < -0.39 is 5.76 Å². The number of amides is 1. The Kier molecular flexibility index (Phi) is 4.77. The number of carbonyl (C=O) groups excluding carboxylic acids is 1. The number of para-hydroxylation sites is 2. The number of nitrogens with zero attached hydrogens (tertiary/aromatic N) is 2. The van der Waals surface area contributed by atoms with Gasteiger partial charge < -0.3 is 9.32 Å². The molecule has 0 bridgehead atoms. The van der Waals surface area contributed by atoms with Crippen molar-refractivity contribution in [2.45, 2.75) is 13.0 Å². The predicted octanol–water partition coefficient (Wildman–Crippen LogP) is 2.19. The van der Waals surface area contributed by atoms with E-state index in [4.69, 9.17) is 4.42 Å². The van der Waals surface area contributed by atoms with Crippen molar-refractivity contribution in [1.29, 1.82) is 0 Å². The average molecular weight is 286 g/mol. The first-order valence-electron chi connectivity index (χ1n) is 6.75. The third kappa shape index (κ3) is 3.31. The Bertz CT molecular complexity index is 702. The fourth-order valence-electron chi connectivity index (χ4n) is 2.18. The van der Waals surface area contributed by atoms with Crippen molar-refractivity contribution >= 4 is 17.0 Å². The van der Waals surface area contributed by atoms with Gasteiger partial charge in [-0.15, -0.1) is 13.2 Å². The minimum Gasteiger partial charge on any atom is -0.408 e. The van der Waals surface area contributed by atoms with Gasteiger partial charge in [0.2, 0.25) is 5.91 Å². The van der Waals surface area contributed by atoms with Crippen LogP contribution in [-0.4, -0.2) is 28.5 Å². The molecular weight excluding hydrogens is 268 g/mol. The molecule has 1 aromatic heterocycles. The highest BCUT2D eigenvalue weighted by molar-refractivity contribution is 5.77. The highest BCUT2D eigenvalue weighted by Gasteiger charge is 2.13. The number of oxazole rings is 1. The van der Waals surface area contributed by atoms with Crippen molar-refractivity contribution in [3.63, 3.8) is 0 Å². The quantitative estimate of drug-likeness (QED) is 0.733. The minimum absolute atomic E-state index is 0.0491. The van der Waals surface area contributed by atoms with Crippen LogP contribution < -0.4 is 5.76 Å². The zero-order valence-electron chi connectivity index (χ0n) is 11.8. The molecule has 0 radical (unpaired) electrons. The van der Waals surface area contributed by atoms with Gasteiger partial charge in [-0.05, 0) is 12.1 Å². The number of aromatic nitrogens is 1. The van der Waals surface area contributed by atoms with E-state index >= 15 is 0 Å². The van der Waals surface area contributed by atoms with Gasteiger partial charge in [0.25, 0.3) is 0 Å². The van der Waals surface area contributed by atoms with Crippen LogP contribution in [0.2, 0.25) is 0 Å². The van der Waals surface area contributed by atoms with Gasteiger partial charge in [-0.2, -0.15) is 0 Å². The lowest BCUT2D eigenvalue weighted by molar-refractivity contribution is -0.130. The van der Waals surface area contributed by atoms with E-state index in [0.717, 1.165) is 0 Å². The number of fused-ring (bicyclic) bond motifs is 1. The largest absolute Gasteiger partial charge is 0.419 e. The van der Waals surface area contributed by atoms with Crippen LogP contribution in [-0.2, 0) is 11.3 Å². The van der Waals surface area contributed by atoms with Gasteiger partial charge in [0.15, 0.2) is 5.58 Å². The molecule has 5 heteroatoms. The van der Waals surface area contributed by atoms with Crippen LogP contribution in [0.1, 0.15) is 6.42 Å². The Hall–Kier alpha value is -2.56. The Morgan fingerprint density at radius 3 is 2.57 bits per heavy atom. The van der Waals surface area contributed by atoms with Crippen LogP contribution in [0.3, 0.4) is 0 Å². The van der Waals surface area contributed by atoms with E-state index in [2.05, 4.69) is 13.2 Å². The first-order valence-corrected chi connectivity index (χ1v) is 6.75. The molecule has 0 spiro atoms. The van der Waals surface area contributed by atoms with Crippen LogP contribution in [0.25, 0.3) is 11.1 Å². The number of hydrogen-bond acceptors (Lipinski definition) is 3. The average Bonchev–Trinajstić information content (AvgIpc) is 2.80.